The summed E-state index contributed by atoms with van der Waals surface area (Å²) in [5.74, 6) is 1.63. The van der Waals surface area contributed by atoms with Gasteiger partial charge in [-0.2, -0.15) is 0 Å². The fourth-order valence-electron chi connectivity index (χ4n) is 2.12. The van der Waals surface area contributed by atoms with Gasteiger partial charge in [-0.3, -0.25) is 0 Å². The van der Waals surface area contributed by atoms with Gasteiger partial charge >= 0.3 is 0 Å². The molecular weight excluding hydrogens is 202 g/mol. The molecule has 1 saturated carbocycles. The Bertz CT molecular complexity index is 275. The summed E-state index contributed by atoms with van der Waals surface area (Å²) in [7, 11) is 0. The predicted octanol–water partition coefficient (Wildman–Crippen LogP) is 3.83. The number of hydrogen-bond acceptors (Lipinski definition) is 2. The normalized spacial score (nSPS) is 19.1. The Kier molecular flexibility index (Phi) is 3.81. The maximum Gasteiger partial charge on any atom is 0.0438 e. The molecule has 0 bridgehead atoms. The maximum absolute atomic E-state index is 3.73. The minimum absolute atomic E-state index is 0.561. The smallest absolute Gasteiger partial charge is 0.0438 e. The Morgan fingerprint density at radius 2 is 2.27 bits per heavy atom. The van der Waals surface area contributed by atoms with Crippen molar-refractivity contribution in [3.63, 3.8) is 0 Å². The van der Waals surface area contributed by atoms with E-state index in [4.69, 9.17) is 0 Å². The first kappa shape index (κ1) is 11.2. The molecule has 1 aromatic rings. The number of thiophene rings is 1. The average molecular weight is 223 g/mol. The van der Waals surface area contributed by atoms with E-state index in [1.165, 1.54) is 30.7 Å². The van der Waals surface area contributed by atoms with Gasteiger partial charge in [-0.15, -0.1) is 11.3 Å². The van der Waals surface area contributed by atoms with Crippen molar-refractivity contribution < 1.29 is 0 Å². The summed E-state index contributed by atoms with van der Waals surface area (Å²) in [5, 5.41) is 5.91. The highest BCUT2D eigenvalue weighted by Crippen LogP contribution is 2.29. The van der Waals surface area contributed by atoms with Gasteiger partial charge in [0.15, 0.2) is 0 Å². The molecule has 2 heteroatoms. The van der Waals surface area contributed by atoms with Crippen LogP contribution in [0.3, 0.4) is 0 Å². The molecule has 0 radical (unpaired) electrons. The van der Waals surface area contributed by atoms with Crippen LogP contribution in [0.15, 0.2) is 17.5 Å². The van der Waals surface area contributed by atoms with Crippen molar-refractivity contribution in [1.29, 1.82) is 0 Å². The molecule has 1 aliphatic carbocycles. The first-order valence-corrected chi connectivity index (χ1v) is 6.92. The van der Waals surface area contributed by atoms with Gasteiger partial charge in [0.2, 0.25) is 0 Å². The highest BCUT2D eigenvalue weighted by atomic mass is 32.1. The zero-order chi connectivity index (χ0) is 10.7. The van der Waals surface area contributed by atoms with E-state index in [-0.39, 0.29) is 0 Å². The second kappa shape index (κ2) is 5.13. The molecule has 0 saturated heterocycles. The maximum atomic E-state index is 3.73. The molecule has 0 spiro atoms. The van der Waals surface area contributed by atoms with Crippen LogP contribution in [-0.4, -0.2) is 6.54 Å². The van der Waals surface area contributed by atoms with Crippen molar-refractivity contribution >= 4 is 11.3 Å². The molecule has 1 aromatic heterocycles. The summed E-state index contributed by atoms with van der Waals surface area (Å²) in [6.45, 7) is 5.82. The van der Waals surface area contributed by atoms with Crippen LogP contribution in [0.1, 0.15) is 44.0 Å². The third kappa shape index (κ3) is 2.82. The highest BCUT2D eigenvalue weighted by molar-refractivity contribution is 7.10. The summed E-state index contributed by atoms with van der Waals surface area (Å²) in [6.07, 6.45) is 4.31. The van der Waals surface area contributed by atoms with Gasteiger partial charge in [-0.1, -0.05) is 26.3 Å². The monoisotopic (exact) mass is 223 g/mol. The molecule has 0 amide bonds. The van der Waals surface area contributed by atoms with Crippen molar-refractivity contribution in [1.82, 2.24) is 5.32 Å². The topological polar surface area (TPSA) is 12.0 Å². The standard InChI is InChI=1S/C13H21NS/c1-10(2)13(12-7-4-8-15-12)14-9-11-5-3-6-11/h4,7-8,10-11,13-14H,3,5-6,9H2,1-2H3. The molecule has 1 heterocycles. The third-order valence-corrected chi connectivity index (χ3v) is 4.32. The van der Waals surface area contributed by atoms with Crippen LogP contribution in [0.5, 0.6) is 0 Å². The lowest BCUT2D eigenvalue weighted by Crippen LogP contribution is -2.32. The molecular formula is C13H21NS. The Morgan fingerprint density at radius 1 is 1.47 bits per heavy atom. The van der Waals surface area contributed by atoms with Gasteiger partial charge in [-0.05, 0) is 42.7 Å². The van der Waals surface area contributed by atoms with Crippen molar-refractivity contribution in [3.05, 3.63) is 22.4 Å². The van der Waals surface area contributed by atoms with Crippen LogP contribution >= 0.6 is 11.3 Å². The molecule has 1 aliphatic rings. The average Bonchev–Trinajstić information content (AvgIpc) is 2.61. The van der Waals surface area contributed by atoms with Crippen LogP contribution in [0, 0.1) is 11.8 Å². The zero-order valence-electron chi connectivity index (χ0n) is 9.70. The molecule has 84 valence electrons. The van der Waals surface area contributed by atoms with Gasteiger partial charge < -0.3 is 5.32 Å². The van der Waals surface area contributed by atoms with E-state index in [0.29, 0.717) is 12.0 Å². The molecule has 0 aromatic carbocycles. The van der Waals surface area contributed by atoms with E-state index in [9.17, 15) is 0 Å². The van der Waals surface area contributed by atoms with Gasteiger partial charge in [-0.25, -0.2) is 0 Å². The molecule has 1 N–H and O–H groups in total. The van der Waals surface area contributed by atoms with Crippen LogP contribution in [0.4, 0.5) is 0 Å². The van der Waals surface area contributed by atoms with E-state index < -0.39 is 0 Å². The molecule has 15 heavy (non-hydrogen) atoms. The second-order valence-electron chi connectivity index (χ2n) is 4.94. The first-order valence-electron chi connectivity index (χ1n) is 6.04. The van der Waals surface area contributed by atoms with E-state index in [1.54, 1.807) is 0 Å². The van der Waals surface area contributed by atoms with Gasteiger partial charge in [0.25, 0.3) is 0 Å². The molecule has 1 atom stereocenters. The predicted molar refractivity (Wildman–Crippen MR) is 67.2 cm³/mol. The Morgan fingerprint density at radius 3 is 2.73 bits per heavy atom. The fourth-order valence-corrected chi connectivity index (χ4v) is 3.10. The zero-order valence-corrected chi connectivity index (χ0v) is 10.5. The van der Waals surface area contributed by atoms with E-state index >= 15 is 0 Å². The molecule has 2 rings (SSSR count). The van der Waals surface area contributed by atoms with Crippen LogP contribution < -0.4 is 5.32 Å². The first-order chi connectivity index (χ1) is 7.27. The minimum Gasteiger partial charge on any atom is -0.309 e. The van der Waals surface area contributed by atoms with Gasteiger partial charge in [0.05, 0.1) is 0 Å². The van der Waals surface area contributed by atoms with Crippen molar-refractivity contribution in [2.75, 3.05) is 6.54 Å². The van der Waals surface area contributed by atoms with Crippen molar-refractivity contribution in [2.45, 2.75) is 39.2 Å². The summed E-state index contributed by atoms with van der Waals surface area (Å²) in [6, 6.07) is 4.97. The Labute approximate surface area is 96.9 Å². The quantitative estimate of drug-likeness (QED) is 0.800. The molecule has 1 unspecified atom stereocenters. The second-order valence-corrected chi connectivity index (χ2v) is 5.92. The van der Waals surface area contributed by atoms with E-state index in [0.717, 1.165) is 5.92 Å². The number of nitrogens with one attached hydrogen (secondary N) is 1. The van der Waals surface area contributed by atoms with E-state index in [1.807, 2.05) is 11.3 Å². The van der Waals surface area contributed by atoms with Gasteiger partial charge in [0.1, 0.15) is 0 Å². The lowest BCUT2D eigenvalue weighted by atomic mass is 9.85. The van der Waals surface area contributed by atoms with Crippen molar-refractivity contribution in [3.8, 4) is 0 Å². The number of hydrogen-bond donors (Lipinski definition) is 1. The molecule has 1 nitrogen and oxygen atoms in total. The Balaban J connectivity index is 1.88. The molecule has 0 aliphatic heterocycles. The summed E-state index contributed by atoms with van der Waals surface area (Å²) in [4.78, 5) is 1.49. The summed E-state index contributed by atoms with van der Waals surface area (Å²) < 4.78 is 0. The summed E-state index contributed by atoms with van der Waals surface area (Å²) >= 11 is 1.87. The van der Waals surface area contributed by atoms with Crippen molar-refractivity contribution in [2.24, 2.45) is 11.8 Å². The van der Waals surface area contributed by atoms with Crippen LogP contribution in [0.25, 0.3) is 0 Å². The minimum atomic E-state index is 0.561. The SMILES string of the molecule is CC(C)C(NCC1CCC1)c1cccs1. The van der Waals surface area contributed by atoms with E-state index in [2.05, 4.69) is 36.7 Å². The highest BCUT2D eigenvalue weighted by Gasteiger charge is 2.21. The lowest BCUT2D eigenvalue weighted by molar-refractivity contribution is 0.275. The van der Waals surface area contributed by atoms with Crippen LogP contribution in [-0.2, 0) is 0 Å². The number of rotatable bonds is 5. The van der Waals surface area contributed by atoms with Crippen LogP contribution in [0.2, 0.25) is 0 Å². The third-order valence-electron chi connectivity index (χ3n) is 3.37. The Hall–Kier alpha value is -0.340. The van der Waals surface area contributed by atoms with Gasteiger partial charge in [0, 0.05) is 10.9 Å². The largest absolute Gasteiger partial charge is 0.309 e. The lowest BCUT2D eigenvalue weighted by Gasteiger charge is -2.29. The fraction of sp³-hybridized carbons (Fsp3) is 0.692. The summed E-state index contributed by atoms with van der Waals surface area (Å²) in [5.41, 5.74) is 0. The molecule has 1 fully saturated rings.